The molecule has 0 aliphatic carbocycles. The van der Waals surface area contributed by atoms with Crippen molar-refractivity contribution in [3.8, 4) is 17.6 Å². The van der Waals surface area contributed by atoms with Crippen LogP contribution in [0.15, 0.2) is 34.3 Å². The Balaban J connectivity index is 2.46. The van der Waals surface area contributed by atoms with Crippen molar-refractivity contribution in [2.75, 3.05) is 7.11 Å². The monoisotopic (exact) mass is 297 g/mol. The Bertz CT molecular complexity index is 793. The number of hydrogen-bond acceptors (Lipinski definition) is 5. The van der Waals surface area contributed by atoms with Crippen LogP contribution in [-0.2, 0) is 0 Å². The lowest BCUT2D eigenvalue weighted by molar-refractivity contribution is 0.103. The number of aromatic hydroxyl groups is 1. The highest BCUT2D eigenvalue weighted by Crippen LogP contribution is 2.27. The van der Waals surface area contributed by atoms with E-state index in [9.17, 15) is 15.2 Å². The van der Waals surface area contributed by atoms with Gasteiger partial charge in [-0.05, 0) is 38.1 Å². The van der Waals surface area contributed by atoms with Gasteiger partial charge >= 0.3 is 0 Å². The maximum Gasteiger partial charge on any atom is 0.207 e. The molecule has 5 nitrogen and oxygen atoms in total. The van der Waals surface area contributed by atoms with Crippen molar-refractivity contribution in [2.45, 2.75) is 13.8 Å². The Morgan fingerprint density at radius 3 is 2.64 bits per heavy atom. The van der Waals surface area contributed by atoms with Gasteiger partial charge in [0.25, 0.3) is 0 Å². The molecule has 0 atom stereocenters. The molecule has 0 amide bonds. The van der Waals surface area contributed by atoms with Gasteiger partial charge in [0.2, 0.25) is 5.78 Å². The van der Waals surface area contributed by atoms with E-state index in [1.807, 2.05) is 6.07 Å². The molecule has 22 heavy (non-hydrogen) atoms. The fourth-order valence-corrected chi connectivity index (χ4v) is 2.12. The molecule has 1 aromatic heterocycles. The number of phenols is 1. The Kier molecular flexibility index (Phi) is 4.33. The second-order valence-corrected chi connectivity index (χ2v) is 4.75. The van der Waals surface area contributed by atoms with E-state index in [1.165, 1.54) is 25.3 Å². The molecule has 0 saturated heterocycles. The molecule has 0 fully saturated rings. The van der Waals surface area contributed by atoms with Crippen LogP contribution in [0.2, 0.25) is 0 Å². The number of allylic oxidation sites excluding steroid dienone is 1. The zero-order valence-corrected chi connectivity index (χ0v) is 12.5. The Labute approximate surface area is 128 Å². The average molecular weight is 297 g/mol. The lowest BCUT2D eigenvalue weighted by atomic mass is 10.0. The highest BCUT2D eigenvalue weighted by molar-refractivity contribution is 6.14. The predicted molar refractivity (Wildman–Crippen MR) is 80.8 cm³/mol. The molecule has 5 heteroatoms. The molecule has 2 rings (SSSR count). The molecular formula is C17H15NO4. The summed E-state index contributed by atoms with van der Waals surface area (Å²) in [5, 5.41) is 18.7. The lowest BCUT2D eigenvalue weighted by Crippen LogP contribution is -2.02. The van der Waals surface area contributed by atoms with Crippen molar-refractivity contribution in [3.05, 3.63) is 52.5 Å². The topological polar surface area (TPSA) is 83.5 Å². The fraction of sp³-hybridized carbons (Fsp3) is 0.176. The van der Waals surface area contributed by atoms with E-state index in [4.69, 9.17) is 9.15 Å². The zero-order chi connectivity index (χ0) is 16.3. The number of ketones is 1. The normalized spacial score (nSPS) is 11.1. The van der Waals surface area contributed by atoms with Gasteiger partial charge < -0.3 is 14.3 Å². The summed E-state index contributed by atoms with van der Waals surface area (Å²) >= 11 is 0. The van der Waals surface area contributed by atoms with Gasteiger partial charge in [0.15, 0.2) is 0 Å². The molecule has 1 N–H and O–H groups in total. The number of carbonyl (C=O) groups is 1. The summed E-state index contributed by atoms with van der Waals surface area (Å²) in [5.74, 6) is 1.09. The van der Waals surface area contributed by atoms with Crippen LogP contribution in [0, 0.1) is 25.2 Å². The number of hydrogen-bond donors (Lipinski definition) is 1. The standard InChI is InChI=1S/C17H15NO4/c1-10-6-15(11(2)22-10)17(20)13(9-18)7-12-4-5-14(19)8-16(12)21-3/h4-8,19H,1-3H3/b13-7+. The summed E-state index contributed by atoms with van der Waals surface area (Å²) in [6, 6.07) is 7.96. The van der Waals surface area contributed by atoms with Crippen LogP contribution in [0.1, 0.15) is 27.4 Å². The van der Waals surface area contributed by atoms with Gasteiger partial charge in [0.1, 0.15) is 34.7 Å². The van der Waals surface area contributed by atoms with Crippen molar-refractivity contribution in [1.29, 1.82) is 5.26 Å². The first-order chi connectivity index (χ1) is 10.5. The number of Topliss-reactive ketones (excluding diaryl/α,β-unsaturated/α-hetero) is 1. The maximum atomic E-state index is 12.4. The summed E-state index contributed by atoms with van der Waals surface area (Å²) in [7, 11) is 1.45. The molecule has 1 aromatic carbocycles. The molecule has 2 aromatic rings. The molecule has 0 aliphatic rings. The largest absolute Gasteiger partial charge is 0.508 e. The molecule has 0 radical (unpaired) electrons. The number of benzene rings is 1. The molecular weight excluding hydrogens is 282 g/mol. The van der Waals surface area contributed by atoms with Gasteiger partial charge in [-0.1, -0.05) is 0 Å². The number of nitriles is 1. The first kappa shape index (κ1) is 15.4. The highest BCUT2D eigenvalue weighted by Gasteiger charge is 2.18. The fourth-order valence-electron chi connectivity index (χ4n) is 2.12. The van der Waals surface area contributed by atoms with Crippen LogP contribution in [-0.4, -0.2) is 18.0 Å². The van der Waals surface area contributed by atoms with Gasteiger partial charge in [-0.15, -0.1) is 0 Å². The quantitative estimate of drug-likeness (QED) is 0.531. The number of rotatable bonds is 4. The van der Waals surface area contributed by atoms with Crippen molar-refractivity contribution in [1.82, 2.24) is 0 Å². The molecule has 0 aliphatic heterocycles. The minimum absolute atomic E-state index is 0.0344. The van der Waals surface area contributed by atoms with Gasteiger partial charge in [-0.3, -0.25) is 4.79 Å². The van der Waals surface area contributed by atoms with E-state index < -0.39 is 5.78 Å². The number of furan rings is 1. The van der Waals surface area contributed by atoms with Crippen LogP contribution in [0.4, 0.5) is 0 Å². The predicted octanol–water partition coefficient (Wildman–Crippen LogP) is 3.40. The molecule has 0 saturated carbocycles. The summed E-state index contributed by atoms with van der Waals surface area (Å²) in [5.41, 5.74) is 0.860. The molecule has 0 spiro atoms. The van der Waals surface area contributed by atoms with Gasteiger partial charge in [0, 0.05) is 11.6 Å². The zero-order valence-electron chi connectivity index (χ0n) is 12.5. The van der Waals surface area contributed by atoms with E-state index in [2.05, 4.69) is 0 Å². The Hall–Kier alpha value is -3.00. The summed E-state index contributed by atoms with van der Waals surface area (Å²) < 4.78 is 10.5. The van der Waals surface area contributed by atoms with E-state index in [1.54, 1.807) is 26.0 Å². The van der Waals surface area contributed by atoms with Crippen molar-refractivity contribution >= 4 is 11.9 Å². The van der Waals surface area contributed by atoms with E-state index in [-0.39, 0.29) is 11.3 Å². The Morgan fingerprint density at radius 2 is 2.09 bits per heavy atom. The Morgan fingerprint density at radius 1 is 1.36 bits per heavy atom. The molecule has 0 bridgehead atoms. The van der Waals surface area contributed by atoms with E-state index in [0.717, 1.165) is 0 Å². The minimum Gasteiger partial charge on any atom is -0.508 e. The number of ether oxygens (including phenoxy) is 1. The second kappa shape index (κ2) is 6.19. The van der Waals surface area contributed by atoms with Crippen LogP contribution >= 0.6 is 0 Å². The van der Waals surface area contributed by atoms with Crippen molar-refractivity contribution in [2.24, 2.45) is 0 Å². The van der Waals surface area contributed by atoms with Crippen molar-refractivity contribution in [3.63, 3.8) is 0 Å². The van der Waals surface area contributed by atoms with Gasteiger partial charge in [-0.2, -0.15) is 5.26 Å². The third-order valence-electron chi connectivity index (χ3n) is 3.17. The van der Waals surface area contributed by atoms with Crippen LogP contribution in [0.3, 0.4) is 0 Å². The smallest absolute Gasteiger partial charge is 0.207 e. The first-order valence-electron chi connectivity index (χ1n) is 6.56. The minimum atomic E-state index is -0.410. The maximum absolute atomic E-state index is 12.4. The first-order valence-corrected chi connectivity index (χ1v) is 6.56. The van der Waals surface area contributed by atoms with Crippen LogP contribution < -0.4 is 4.74 Å². The molecule has 0 unspecified atom stereocenters. The molecule has 1 heterocycles. The number of aryl methyl sites for hydroxylation is 2. The average Bonchev–Trinajstić information content (AvgIpc) is 2.83. The third-order valence-corrected chi connectivity index (χ3v) is 3.17. The summed E-state index contributed by atoms with van der Waals surface area (Å²) in [4.78, 5) is 12.4. The van der Waals surface area contributed by atoms with E-state index >= 15 is 0 Å². The van der Waals surface area contributed by atoms with E-state index in [0.29, 0.717) is 28.4 Å². The van der Waals surface area contributed by atoms with Gasteiger partial charge in [0.05, 0.1) is 12.7 Å². The van der Waals surface area contributed by atoms with Crippen LogP contribution in [0.25, 0.3) is 6.08 Å². The third kappa shape index (κ3) is 3.01. The van der Waals surface area contributed by atoms with Crippen molar-refractivity contribution < 1.29 is 19.1 Å². The number of methoxy groups -OCH3 is 1. The van der Waals surface area contributed by atoms with Crippen LogP contribution in [0.5, 0.6) is 11.5 Å². The van der Waals surface area contributed by atoms with Gasteiger partial charge in [-0.25, -0.2) is 0 Å². The summed E-state index contributed by atoms with van der Waals surface area (Å²) in [6.45, 7) is 3.42. The number of carbonyl (C=O) groups excluding carboxylic acids is 1. The molecule has 112 valence electrons. The number of nitrogens with zero attached hydrogens (tertiary/aromatic N) is 1. The lowest BCUT2D eigenvalue weighted by Gasteiger charge is -2.06. The number of phenolic OH excluding ortho intramolecular Hbond substituents is 1. The second-order valence-electron chi connectivity index (χ2n) is 4.75. The summed E-state index contributed by atoms with van der Waals surface area (Å²) in [6.07, 6.45) is 1.43. The SMILES string of the molecule is COc1cc(O)ccc1/C=C(\C#N)C(=O)c1cc(C)oc1C. The highest BCUT2D eigenvalue weighted by atomic mass is 16.5.